The minimum atomic E-state index is -1.00. The quantitative estimate of drug-likeness (QED) is 0.827. The number of carbonyl (C=O) groups excluding carboxylic acids is 1. The lowest BCUT2D eigenvalue weighted by atomic mass is 10.2. The number of benzene rings is 1. The molecule has 0 aliphatic rings. The van der Waals surface area contributed by atoms with Crippen molar-refractivity contribution in [2.24, 2.45) is 0 Å². The van der Waals surface area contributed by atoms with Crippen LogP contribution in [-0.4, -0.2) is 17.0 Å². The number of nitrogens with one attached hydrogen (secondary N) is 1. The Balaban J connectivity index is 2.77. The lowest BCUT2D eigenvalue weighted by Crippen LogP contribution is -2.10. The lowest BCUT2D eigenvalue weighted by Gasteiger charge is -2.03. The Hall–Kier alpha value is -1.62. The van der Waals surface area contributed by atoms with E-state index in [1.165, 1.54) is 24.3 Å². The fourth-order valence-electron chi connectivity index (χ4n) is 0.895. The van der Waals surface area contributed by atoms with Crippen molar-refractivity contribution < 1.29 is 14.7 Å². The summed E-state index contributed by atoms with van der Waals surface area (Å²) in [6.45, 7) is 3.41. The monoisotopic (exact) mass is 269 g/mol. The van der Waals surface area contributed by atoms with E-state index in [4.69, 9.17) is 5.11 Å². The normalized spacial score (nSPS) is 9.40. The zero-order chi connectivity index (χ0) is 11.4. The van der Waals surface area contributed by atoms with E-state index in [0.29, 0.717) is 5.69 Å². The molecule has 0 unspecified atom stereocenters. The zero-order valence-electron chi connectivity index (χ0n) is 7.66. The van der Waals surface area contributed by atoms with Crippen molar-refractivity contribution in [1.82, 2.24) is 0 Å². The molecule has 2 N–H and O–H groups in total. The third-order valence-corrected chi connectivity index (χ3v) is 2.00. The highest BCUT2D eigenvalue weighted by Crippen LogP contribution is 2.12. The van der Waals surface area contributed by atoms with Gasteiger partial charge in [0.05, 0.1) is 10.0 Å². The number of carbonyl (C=O) groups is 2. The molecule has 1 aromatic carbocycles. The molecule has 5 heteroatoms. The molecule has 78 valence electrons. The summed E-state index contributed by atoms with van der Waals surface area (Å²) in [5, 5.41) is 11.2. The van der Waals surface area contributed by atoms with Crippen LogP contribution in [0.15, 0.2) is 35.3 Å². The summed E-state index contributed by atoms with van der Waals surface area (Å²) in [6.07, 6.45) is 0. The van der Waals surface area contributed by atoms with Gasteiger partial charge in [0.2, 0.25) is 0 Å². The van der Waals surface area contributed by atoms with Gasteiger partial charge in [-0.15, -0.1) is 0 Å². The Bertz CT molecular complexity index is 411. The SMILES string of the molecule is C=C(Br)C(=O)Nc1ccc(C(=O)O)cc1. The molecule has 0 aliphatic heterocycles. The summed E-state index contributed by atoms with van der Waals surface area (Å²) in [7, 11) is 0. The van der Waals surface area contributed by atoms with Crippen molar-refractivity contribution in [3.63, 3.8) is 0 Å². The molecule has 0 atom stereocenters. The average molecular weight is 270 g/mol. The first-order valence-electron chi connectivity index (χ1n) is 4.00. The number of aromatic carboxylic acids is 1. The number of rotatable bonds is 3. The van der Waals surface area contributed by atoms with Gasteiger partial charge in [-0.3, -0.25) is 4.79 Å². The number of hydrogen-bond donors (Lipinski definition) is 2. The molecule has 1 rings (SSSR count). The minimum Gasteiger partial charge on any atom is -0.478 e. The number of amides is 1. The van der Waals surface area contributed by atoms with Gasteiger partial charge in [0.15, 0.2) is 0 Å². The average Bonchev–Trinajstić information content (AvgIpc) is 2.18. The molecule has 0 fully saturated rings. The summed E-state index contributed by atoms with van der Waals surface area (Å²) in [5.74, 6) is -1.36. The number of halogens is 1. The van der Waals surface area contributed by atoms with E-state index in [1.807, 2.05) is 0 Å². The van der Waals surface area contributed by atoms with E-state index in [-0.39, 0.29) is 16.0 Å². The second kappa shape index (κ2) is 4.75. The van der Waals surface area contributed by atoms with Crippen LogP contribution in [0.3, 0.4) is 0 Å². The third-order valence-electron chi connectivity index (χ3n) is 1.64. The molecular weight excluding hydrogens is 262 g/mol. The van der Waals surface area contributed by atoms with Gasteiger partial charge in [-0.25, -0.2) is 4.79 Å². The molecule has 4 nitrogen and oxygen atoms in total. The Morgan fingerprint density at radius 2 is 1.80 bits per heavy atom. The van der Waals surface area contributed by atoms with Crippen LogP contribution in [0.25, 0.3) is 0 Å². The maximum Gasteiger partial charge on any atom is 0.335 e. The topological polar surface area (TPSA) is 66.4 Å². The summed E-state index contributed by atoms with van der Waals surface area (Å²) >= 11 is 2.93. The van der Waals surface area contributed by atoms with Crippen LogP contribution in [0.5, 0.6) is 0 Å². The molecule has 0 saturated heterocycles. The fraction of sp³-hybridized carbons (Fsp3) is 0. The molecular formula is C10H8BrNO3. The lowest BCUT2D eigenvalue weighted by molar-refractivity contribution is -0.112. The Kier molecular flexibility index (Phi) is 3.62. The van der Waals surface area contributed by atoms with Crippen LogP contribution in [0.4, 0.5) is 5.69 Å². The van der Waals surface area contributed by atoms with Crippen LogP contribution >= 0.6 is 15.9 Å². The van der Waals surface area contributed by atoms with Crippen molar-refractivity contribution in [2.45, 2.75) is 0 Å². The third kappa shape index (κ3) is 3.21. The van der Waals surface area contributed by atoms with Gasteiger partial charge >= 0.3 is 5.97 Å². The highest BCUT2D eigenvalue weighted by Gasteiger charge is 2.05. The van der Waals surface area contributed by atoms with Crippen LogP contribution in [0, 0.1) is 0 Å². The second-order valence-corrected chi connectivity index (χ2v) is 3.70. The summed E-state index contributed by atoms with van der Waals surface area (Å²) in [4.78, 5) is 21.7. The standard InChI is InChI=1S/C10H8BrNO3/c1-6(11)9(13)12-8-4-2-7(3-5-8)10(14)15/h2-5H,1H2,(H,12,13)(H,14,15). The van der Waals surface area contributed by atoms with Crippen LogP contribution in [0.1, 0.15) is 10.4 Å². The van der Waals surface area contributed by atoms with Crippen LogP contribution < -0.4 is 5.32 Å². The molecule has 0 saturated carbocycles. The Morgan fingerprint density at radius 1 is 1.27 bits per heavy atom. The Morgan fingerprint density at radius 3 is 2.20 bits per heavy atom. The van der Waals surface area contributed by atoms with Crippen LogP contribution in [-0.2, 0) is 4.79 Å². The minimum absolute atomic E-state index is 0.172. The number of carboxylic acid groups (broad SMARTS) is 1. The maximum absolute atomic E-state index is 11.2. The number of carboxylic acids is 1. The van der Waals surface area contributed by atoms with E-state index in [9.17, 15) is 9.59 Å². The van der Waals surface area contributed by atoms with E-state index in [2.05, 4.69) is 27.8 Å². The summed E-state index contributed by atoms with van der Waals surface area (Å²) < 4.78 is 0.213. The van der Waals surface area contributed by atoms with E-state index < -0.39 is 5.97 Å². The van der Waals surface area contributed by atoms with E-state index in [0.717, 1.165) is 0 Å². The van der Waals surface area contributed by atoms with Gasteiger partial charge in [0, 0.05) is 5.69 Å². The summed E-state index contributed by atoms with van der Waals surface area (Å²) in [5.41, 5.74) is 0.691. The molecule has 0 aromatic heterocycles. The largest absolute Gasteiger partial charge is 0.478 e. The van der Waals surface area contributed by atoms with Crippen molar-refractivity contribution in [2.75, 3.05) is 5.32 Å². The van der Waals surface area contributed by atoms with Gasteiger partial charge in [0.25, 0.3) is 5.91 Å². The molecule has 0 spiro atoms. The maximum atomic E-state index is 11.2. The molecule has 0 aliphatic carbocycles. The molecule has 0 bridgehead atoms. The van der Waals surface area contributed by atoms with Gasteiger partial charge in [-0.2, -0.15) is 0 Å². The first-order valence-corrected chi connectivity index (χ1v) is 4.79. The molecule has 15 heavy (non-hydrogen) atoms. The van der Waals surface area contributed by atoms with Crippen LogP contribution in [0.2, 0.25) is 0 Å². The number of hydrogen-bond acceptors (Lipinski definition) is 2. The predicted molar refractivity (Wildman–Crippen MR) is 60.1 cm³/mol. The highest BCUT2D eigenvalue weighted by atomic mass is 79.9. The van der Waals surface area contributed by atoms with E-state index >= 15 is 0 Å². The van der Waals surface area contributed by atoms with Gasteiger partial charge in [-0.1, -0.05) is 6.58 Å². The summed E-state index contributed by atoms with van der Waals surface area (Å²) in [6, 6.07) is 5.85. The van der Waals surface area contributed by atoms with Crippen molar-refractivity contribution >= 4 is 33.5 Å². The smallest absolute Gasteiger partial charge is 0.335 e. The van der Waals surface area contributed by atoms with E-state index in [1.54, 1.807) is 0 Å². The molecule has 1 amide bonds. The van der Waals surface area contributed by atoms with Crippen molar-refractivity contribution in [3.8, 4) is 0 Å². The first kappa shape index (κ1) is 11.5. The molecule has 0 radical (unpaired) electrons. The van der Waals surface area contributed by atoms with Gasteiger partial charge in [0.1, 0.15) is 0 Å². The molecule has 0 heterocycles. The van der Waals surface area contributed by atoms with Crippen molar-refractivity contribution in [3.05, 3.63) is 40.9 Å². The number of anilines is 1. The fourth-order valence-corrected chi connectivity index (χ4v) is 0.994. The molecule has 1 aromatic rings. The van der Waals surface area contributed by atoms with Crippen molar-refractivity contribution in [1.29, 1.82) is 0 Å². The highest BCUT2D eigenvalue weighted by molar-refractivity contribution is 9.12. The Labute approximate surface area is 94.7 Å². The second-order valence-electron chi connectivity index (χ2n) is 2.74. The van der Waals surface area contributed by atoms with Gasteiger partial charge < -0.3 is 10.4 Å². The first-order chi connectivity index (χ1) is 7.00. The zero-order valence-corrected chi connectivity index (χ0v) is 9.24. The van der Waals surface area contributed by atoms with Gasteiger partial charge in [-0.05, 0) is 40.2 Å². The predicted octanol–water partition coefficient (Wildman–Crippen LogP) is 2.23.